The van der Waals surface area contributed by atoms with E-state index in [1.165, 1.54) is 32.1 Å². The van der Waals surface area contributed by atoms with Crippen molar-refractivity contribution < 1.29 is 20.4 Å². The molecule has 1 aromatic rings. The van der Waals surface area contributed by atoms with Gasteiger partial charge in [0, 0.05) is 4.91 Å². The third-order valence-corrected chi connectivity index (χ3v) is 3.96. The van der Waals surface area contributed by atoms with Crippen molar-refractivity contribution in [2.24, 2.45) is 5.11 Å². The van der Waals surface area contributed by atoms with Crippen LogP contribution >= 0.6 is 0 Å². The van der Waals surface area contributed by atoms with E-state index in [2.05, 4.69) is 15.8 Å². The second-order valence-electron chi connectivity index (χ2n) is 7.61. The molecule has 7 nitrogen and oxygen atoms in total. The third-order valence-electron chi connectivity index (χ3n) is 3.96. The second-order valence-corrected chi connectivity index (χ2v) is 7.61. The molecule has 1 unspecified atom stereocenters. The van der Waals surface area contributed by atoms with Gasteiger partial charge in [-0.2, -0.15) is 0 Å². The molecule has 1 atom stereocenters. The van der Waals surface area contributed by atoms with Crippen LogP contribution in [0.1, 0.15) is 58.4 Å². The number of rotatable bonds is 5. The van der Waals surface area contributed by atoms with E-state index >= 15 is 0 Å². The van der Waals surface area contributed by atoms with E-state index in [9.17, 15) is 9.90 Å². The summed E-state index contributed by atoms with van der Waals surface area (Å²) in [6.45, 7) is 5.82. The lowest BCUT2D eigenvalue weighted by Crippen LogP contribution is -2.61. The van der Waals surface area contributed by atoms with E-state index in [4.69, 9.17) is 10.3 Å². The van der Waals surface area contributed by atoms with Crippen LogP contribution in [0.5, 0.6) is 5.75 Å². The molecule has 0 heterocycles. The predicted molar refractivity (Wildman–Crippen MR) is 98.2 cm³/mol. The molecule has 1 aromatic carbocycles. The van der Waals surface area contributed by atoms with Crippen LogP contribution in [0, 0.1) is 0 Å². The molecule has 0 radical (unpaired) electrons. The van der Waals surface area contributed by atoms with E-state index in [1.807, 2.05) is 20.8 Å². The minimum Gasteiger partial charge on any atom is -0.550 e. The van der Waals surface area contributed by atoms with Gasteiger partial charge in [-0.15, -0.1) is 0 Å². The van der Waals surface area contributed by atoms with Gasteiger partial charge in [0.1, 0.15) is 11.4 Å². The molecule has 0 bridgehead atoms. The zero-order valence-corrected chi connectivity index (χ0v) is 16.0. The lowest BCUT2D eigenvalue weighted by atomic mass is 9.97. The highest BCUT2D eigenvalue weighted by molar-refractivity contribution is 5.71. The molecule has 1 saturated carbocycles. The van der Waals surface area contributed by atoms with Gasteiger partial charge in [-0.3, -0.25) is 0 Å². The van der Waals surface area contributed by atoms with Crippen LogP contribution in [0.25, 0.3) is 10.4 Å². The molecule has 1 aliphatic rings. The van der Waals surface area contributed by atoms with E-state index in [1.54, 1.807) is 24.3 Å². The molecule has 26 heavy (non-hydrogen) atoms. The monoisotopic (exact) mass is 362 g/mol. The first-order valence-electron chi connectivity index (χ1n) is 9.07. The second kappa shape index (κ2) is 10.7. The number of hydrogen-bond donors (Lipinski definition) is 1. The van der Waals surface area contributed by atoms with Gasteiger partial charge in [-0.1, -0.05) is 23.7 Å². The number of ether oxygens (including phenoxy) is 1. The highest BCUT2D eigenvalue weighted by atomic mass is 16.5. The van der Waals surface area contributed by atoms with Crippen LogP contribution in [0.3, 0.4) is 0 Å². The van der Waals surface area contributed by atoms with Crippen LogP contribution in [-0.4, -0.2) is 23.7 Å². The summed E-state index contributed by atoms with van der Waals surface area (Å²) in [6, 6.07) is 6.58. The van der Waals surface area contributed by atoms with Crippen molar-refractivity contribution in [3.8, 4) is 5.75 Å². The van der Waals surface area contributed by atoms with Crippen LogP contribution in [0.4, 0.5) is 0 Å². The molecule has 0 aromatic heterocycles. The van der Waals surface area contributed by atoms with E-state index in [0.29, 0.717) is 5.75 Å². The van der Waals surface area contributed by atoms with Crippen molar-refractivity contribution in [1.82, 2.24) is 0 Å². The molecule has 1 fully saturated rings. The van der Waals surface area contributed by atoms with Crippen molar-refractivity contribution in [1.29, 1.82) is 0 Å². The van der Waals surface area contributed by atoms with E-state index in [0.717, 1.165) is 11.6 Å². The number of aliphatic carboxylic acids is 1. The molecule has 0 amide bonds. The summed E-state index contributed by atoms with van der Waals surface area (Å²) in [5, 5.41) is 13.9. The first-order chi connectivity index (χ1) is 12.2. The standard InChI is InChI=1S/C13H17N3O3.C6H13N/c1-13(2,3)19-10-6-4-9(5-7-10)8-11(12(17)18)15-16-14;7-6-4-2-1-3-5-6/h4-7,11H,8H2,1-3H3,(H,17,18);6H,1-5,7H2. The SMILES string of the molecule is CC(C)(C)Oc1ccc(CC(N=[N+]=[N-])C(=O)[O-])cc1.[NH3+]C1CCCCC1. The molecule has 2 rings (SSSR count). The number of nitrogens with zero attached hydrogens (tertiary/aromatic N) is 3. The Hall–Kier alpha value is -2.24. The average molecular weight is 362 g/mol. The topological polar surface area (TPSA) is 126 Å². The fraction of sp³-hybridized carbons (Fsp3) is 0.632. The van der Waals surface area contributed by atoms with Gasteiger partial charge in [0.05, 0.1) is 18.1 Å². The Kier molecular flexibility index (Phi) is 8.96. The first-order valence-corrected chi connectivity index (χ1v) is 9.07. The quantitative estimate of drug-likeness (QED) is 0.491. The molecule has 144 valence electrons. The largest absolute Gasteiger partial charge is 0.550 e. The van der Waals surface area contributed by atoms with Gasteiger partial charge in [0.15, 0.2) is 0 Å². The predicted octanol–water partition coefficient (Wildman–Crippen LogP) is 2.40. The number of benzene rings is 1. The number of hydrogen-bond acceptors (Lipinski definition) is 4. The van der Waals surface area contributed by atoms with Crippen molar-refractivity contribution in [3.63, 3.8) is 0 Å². The summed E-state index contributed by atoms with van der Waals surface area (Å²) in [7, 11) is 0. The maximum Gasteiger partial charge on any atom is 0.120 e. The minimum absolute atomic E-state index is 0.0994. The highest BCUT2D eigenvalue weighted by Gasteiger charge is 2.12. The summed E-state index contributed by atoms with van der Waals surface area (Å²) < 4.78 is 5.65. The lowest BCUT2D eigenvalue weighted by Gasteiger charge is -2.21. The van der Waals surface area contributed by atoms with Crippen LogP contribution in [-0.2, 0) is 11.2 Å². The van der Waals surface area contributed by atoms with E-state index in [-0.39, 0.29) is 12.0 Å². The Balaban J connectivity index is 0.000000401. The molecular weight excluding hydrogens is 332 g/mol. The highest BCUT2D eigenvalue weighted by Crippen LogP contribution is 2.19. The zero-order valence-electron chi connectivity index (χ0n) is 16.0. The van der Waals surface area contributed by atoms with Crippen LogP contribution < -0.4 is 15.6 Å². The van der Waals surface area contributed by atoms with Gasteiger partial charge in [0.2, 0.25) is 0 Å². The maximum atomic E-state index is 10.7. The fourth-order valence-corrected chi connectivity index (χ4v) is 2.69. The van der Waals surface area contributed by atoms with E-state index < -0.39 is 12.0 Å². The number of carbonyl (C=O) groups excluding carboxylic acids is 1. The van der Waals surface area contributed by atoms with Gasteiger partial charge in [-0.05, 0) is 76.1 Å². The fourth-order valence-electron chi connectivity index (χ4n) is 2.69. The molecule has 1 aliphatic carbocycles. The molecule has 7 heteroatoms. The lowest BCUT2D eigenvalue weighted by molar-refractivity contribution is -0.425. The van der Waals surface area contributed by atoms with Gasteiger partial charge < -0.3 is 20.4 Å². The molecule has 0 aliphatic heterocycles. The number of carbonyl (C=O) groups is 1. The zero-order chi connectivity index (χ0) is 19.6. The normalized spacial score (nSPS) is 15.8. The smallest absolute Gasteiger partial charge is 0.120 e. The van der Waals surface area contributed by atoms with Gasteiger partial charge in [-0.25, -0.2) is 0 Å². The summed E-state index contributed by atoms with van der Waals surface area (Å²) in [6.07, 6.45) is 7.15. The molecular formula is C19H30N4O3. The summed E-state index contributed by atoms with van der Waals surface area (Å²) >= 11 is 0. The number of quaternary nitrogens is 1. The summed E-state index contributed by atoms with van der Waals surface area (Å²) in [5.74, 6) is -0.683. The number of carboxylic acid groups (broad SMARTS) is 1. The Morgan fingerprint density at radius 2 is 1.88 bits per heavy atom. The molecule has 3 N–H and O–H groups in total. The van der Waals surface area contributed by atoms with Crippen molar-refractivity contribution in [3.05, 3.63) is 40.3 Å². The van der Waals surface area contributed by atoms with Crippen molar-refractivity contribution in [2.75, 3.05) is 0 Å². The number of azide groups is 1. The van der Waals surface area contributed by atoms with Crippen molar-refractivity contribution in [2.45, 2.75) is 77.0 Å². The summed E-state index contributed by atoms with van der Waals surface area (Å²) in [5.41, 5.74) is 12.7. The Morgan fingerprint density at radius 3 is 2.27 bits per heavy atom. The first kappa shape index (κ1) is 21.8. The van der Waals surface area contributed by atoms with Gasteiger partial charge in [0.25, 0.3) is 0 Å². The molecule has 0 spiro atoms. The van der Waals surface area contributed by atoms with Crippen LogP contribution in [0.2, 0.25) is 0 Å². The average Bonchev–Trinajstić information content (AvgIpc) is 2.56. The number of carboxylic acids is 1. The van der Waals surface area contributed by atoms with Gasteiger partial charge >= 0.3 is 0 Å². The van der Waals surface area contributed by atoms with Crippen LogP contribution in [0.15, 0.2) is 29.4 Å². The third kappa shape index (κ3) is 9.30. The van der Waals surface area contributed by atoms with Crippen molar-refractivity contribution >= 4 is 5.97 Å². The minimum atomic E-state index is -1.38. The Bertz CT molecular complexity index is 596. The molecule has 0 saturated heterocycles. The Labute approximate surface area is 155 Å². The Morgan fingerprint density at radius 1 is 1.31 bits per heavy atom. The maximum absolute atomic E-state index is 10.7. The summed E-state index contributed by atoms with van der Waals surface area (Å²) in [4.78, 5) is 13.2.